The molecule has 3 aromatic rings. The monoisotopic (exact) mass is 548 g/mol. The molecule has 1 aliphatic rings. The lowest BCUT2D eigenvalue weighted by Gasteiger charge is -2.24. The number of benzene rings is 2. The molecular formula is C21H17ClF4N4O5S. The fourth-order valence-corrected chi connectivity index (χ4v) is 5.17. The molecule has 2 heterocycles. The number of halogens is 5. The summed E-state index contributed by atoms with van der Waals surface area (Å²) in [5.74, 6) is -4.78. The van der Waals surface area contributed by atoms with Crippen LogP contribution in [-0.4, -0.2) is 47.5 Å². The molecule has 0 fully saturated rings. The van der Waals surface area contributed by atoms with E-state index in [1.807, 2.05) is 0 Å². The highest BCUT2D eigenvalue weighted by atomic mass is 35.5. The Labute approximate surface area is 206 Å². The summed E-state index contributed by atoms with van der Waals surface area (Å²) >= 11 is 5.89. The van der Waals surface area contributed by atoms with Gasteiger partial charge in [0.25, 0.3) is 5.89 Å². The molecule has 0 saturated heterocycles. The first kappa shape index (κ1) is 26.0. The number of aromatic nitrogens is 2. The summed E-state index contributed by atoms with van der Waals surface area (Å²) in [4.78, 5) is 17.0. The summed E-state index contributed by atoms with van der Waals surface area (Å²) in [6.07, 6.45) is -5.19. The molecule has 3 N–H and O–H groups in total. The van der Waals surface area contributed by atoms with E-state index in [4.69, 9.17) is 17.3 Å². The minimum atomic E-state index is -5.19. The van der Waals surface area contributed by atoms with Crippen LogP contribution >= 0.6 is 11.6 Å². The molecule has 4 rings (SSSR count). The van der Waals surface area contributed by atoms with Crippen molar-refractivity contribution in [1.82, 2.24) is 10.1 Å². The van der Waals surface area contributed by atoms with Gasteiger partial charge in [-0.2, -0.15) is 18.2 Å². The number of anilines is 1. The molecule has 36 heavy (non-hydrogen) atoms. The molecule has 1 aromatic heterocycles. The van der Waals surface area contributed by atoms with Crippen LogP contribution in [0.1, 0.15) is 18.4 Å². The first-order valence-electron chi connectivity index (χ1n) is 10.1. The van der Waals surface area contributed by atoms with E-state index < -0.39 is 67.3 Å². The lowest BCUT2D eigenvalue weighted by molar-refractivity contribution is -0.267. The Morgan fingerprint density at radius 3 is 2.50 bits per heavy atom. The molecule has 1 amide bonds. The van der Waals surface area contributed by atoms with Crippen molar-refractivity contribution in [3.05, 3.63) is 58.7 Å². The highest BCUT2D eigenvalue weighted by Crippen LogP contribution is 2.40. The van der Waals surface area contributed by atoms with E-state index in [0.717, 1.165) is 11.0 Å². The van der Waals surface area contributed by atoms with Gasteiger partial charge in [-0.15, -0.1) is 0 Å². The standard InChI is InChI=1S/C21H17ClF4N4O5S/c1-20(32,21(24,25)26)19-28-17(29-35-19)12-6-15-16(7-13(12)23)36(33,34)9-14(27)18(31)30(15)8-10-2-4-11(22)5-3-10/h2-7,14,32H,8-9,27H2,1H3/t14-,20?/m0/s1. The molecule has 1 aliphatic heterocycles. The topological polar surface area (TPSA) is 140 Å². The van der Waals surface area contributed by atoms with Gasteiger partial charge in [-0.3, -0.25) is 4.79 Å². The molecule has 9 nitrogen and oxygen atoms in total. The molecule has 0 saturated carbocycles. The van der Waals surface area contributed by atoms with Crippen molar-refractivity contribution in [2.24, 2.45) is 5.73 Å². The fraction of sp³-hybridized carbons (Fsp3) is 0.286. The summed E-state index contributed by atoms with van der Waals surface area (Å²) in [7, 11) is -4.25. The van der Waals surface area contributed by atoms with Crippen molar-refractivity contribution in [2.75, 3.05) is 10.7 Å². The number of nitrogens with two attached hydrogens (primary N) is 1. The average Bonchev–Trinajstić information content (AvgIpc) is 3.26. The van der Waals surface area contributed by atoms with Crippen LogP contribution in [0, 0.1) is 5.82 Å². The minimum Gasteiger partial charge on any atom is -0.373 e. The van der Waals surface area contributed by atoms with Crippen LogP contribution in [0.15, 0.2) is 45.8 Å². The van der Waals surface area contributed by atoms with Crippen LogP contribution in [0.25, 0.3) is 11.4 Å². The quantitative estimate of drug-likeness (QED) is 0.474. The molecule has 192 valence electrons. The summed E-state index contributed by atoms with van der Waals surface area (Å²) < 4.78 is 84.8. The number of carbonyl (C=O) groups excluding carboxylic acids is 1. The zero-order valence-electron chi connectivity index (χ0n) is 18.3. The fourth-order valence-electron chi connectivity index (χ4n) is 3.48. The van der Waals surface area contributed by atoms with Crippen LogP contribution in [0.3, 0.4) is 0 Å². The molecule has 0 spiro atoms. The number of rotatable bonds is 4. The van der Waals surface area contributed by atoms with Crippen molar-refractivity contribution < 1.29 is 40.4 Å². The molecule has 0 aliphatic carbocycles. The van der Waals surface area contributed by atoms with Crippen molar-refractivity contribution in [1.29, 1.82) is 0 Å². The first-order valence-corrected chi connectivity index (χ1v) is 12.2. The third-order valence-electron chi connectivity index (χ3n) is 5.55. The van der Waals surface area contributed by atoms with Gasteiger partial charge < -0.3 is 20.3 Å². The molecule has 15 heteroatoms. The van der Waals surface area contributed by atoms with E-state index in [-0.39, 0.29) is 12.2 Å². The minimum absolute atomic E-state index is 0.183. The third kappa shape index (κ3) is 4.56. The van der Waals surface area contributed by atoms with Gasteiger partial charge in [-0.1, -0.05) is 28.9 Å². The lowest BCUT2D eigenvalue weighted by Crippen LogP contribution is -2.45. The van der Waals surface area contributed by atoms with E-state index in [0.29, 0.717) is 23.6 Å². The van der Waals surface area contributed by atoms with Gasteiger partial charge in [0.05, 0.1) is 34.5 Å². The highest BCUT2D eigenvalue weighted by molar-refractivity contribution is 7.91. The highest BCUT2D eigenvalue weighted by Gasteiger charge is 2.55. The normalized spacial score (nSPS) is 19.5. The second kappa shape index (κ2) is 8.80. The summed E-state index contributed by atoms with van der Waals surface area (Å²) in [5.41, 5.74) is 1.96. The molecule has 2 atom stereocenters. The lowest BCUT2D eigenvalue weighted by atomic mass is 10.1. The van der Waals surface area contributed by atoms with Crippen LogP contribution in [0.5, 0.6) is 0 Å². The second-order valence-corrected chi connectivity index (χ2v) is 10.7. The van der Waals surface area contributed by atoms with E-state index in [1.54, 1.807) is 24.3 Å². The number of sulfone groups is 1. The number of carbonyl (C=O) groups is 1. The van der Waals surface area contributed by atoms with Crippen LogP contribution in [0.2, 0.25) is 5.02 Å². The van der Waals surface area contributed by atoms with E-state index in [2.05, 4.69) is 14.7 Å². The van der Waals surface area contributed by atoms with Gasteiger partial charge in [-0.25, -0.2) is 12.8 Å². The Balaban J connectivity index is 1.88. The molecule has 0 radical (unpaired) electrons. The van der Waals surface area contributed by atoms with E-state index in [1.165, 1.54) is 0 Å². The largest absolute Gasteiger partial charge is 0.426 e. The van der Waals surface area contributed by atoms with E-state index in [9.17, 15) is 31.5 Å². The predicted octanol–water partition coefficient (Wildman–Crippen LogP) is 2.95. The van der Waals surface area contributed by atoms with Gasteiger partial charge in [0.2, 0.25) is 17.3 Å². The Kier molecular flexibility index (Phi) is 6.35. The first-order chi connectivity index (χ1) is 16.6. The van der Waals surface area contributed by atoms with Gasteiger partial charge >= 0.3 is 6.18 Å². The van der Waals surface area contributed by atoms with Crippen molar-refractivity contribution in [3.8, 4) is 11.4 Å². The maximum Gasteiger partial charge on any atom is 0.426 e. The smallest absolute Gasteiger partial charge is 0.373 e. The zero-order valence-corrected chi connectivity index (χ0v) is 19.8. The SMILES string of the molecule is CC(O)(c1nc(-c2cc3c(cc2F)S(=O)(=O)C[C@H](N)C(=O)N3Cc2ccc(Cl)cc2)no1)C(F)(F)F. The molecular weight excluding hydrogens is 532 g/mol. The number of hydrogen-bond acceptors (Lipinski definition) is 8. The summed E-state index contributed by atoms with van der Waals surface area (Å²) in [5, 5.41) is 13.5. The molecule has 0 bridgehead atoms. The number of fused-ring (bicyclic) bond motifs is 1. The summed E-state index contributed by atoms with van der Waals surface area (Å²) in [6, 6.07) is 6.29. The van der Waals surface area contributed by atoms with E-state index >= 15 is 4.39 Å². The second-order valence-electron chi connectivity index (χ2n) is 8.23. The van der Waals surface area contributed by atoms with Crippen molar-refractivity contribution in [2.45, 2.75) is 36.2 Å². The molecule has 2 aromatic carbocycles. The predicted molar refractivity (Wildman–Crippen MR) is 118 cm³/mol. The zero-order chi connectivity index (χ0) is 26.6. The maximum atomic E-state index is 15.1. The Morgan fingerprint density at radius 2 is 1.89 bits per heavy atom. The van der Waals surface area contributed by atoms with Gasteiger partial charge in [0, 0.05) is 5.02 Å². The van der Waals surface area contributed by atoms with Gasteiger partial charge in [0.1, 0.15) is 5.82 Å². The van der Waals surface area contributed by atoms with Crippen LogP contribution < -0.4 is 10.6 Å². The number of hydrogen-bond donors (Lipinski definition) is 2. The Hall–Kier alpha value is -3.07. The average molecular weight is 549 g/mol. The van der Waals surface area contributed by atoms with Crippen LogP contribution in [0.4, 0.5) is 23.2 Å². The number of amides is 1. The molecule has 1 unspecified atom stereocenters. The summed E-state index contributed by atoms with van der Waals surface area (Å²) in [6.45, 7) is 0.190. The maximum absolute atomic E-state index is 15.1. The van der Waals surface area contributed by atoms with Crippen molar-refractivity contribution >= 4 is 33.0 Å². The number of aliphatic hydroxyl groups is 1. The van der Waals surface area contributed by atoms with Gasteiger partial charge in [0.15, 0.2) is 9.84 Å². The number of nitrogens with zero attached hydrogens (tertiary/aromatic N) is 3. The Morgan fingerprint density at radius 1 is 1.25 bits per heavy atom. The number of alkyl halides is 3. The third-order valence-corrected chi connectivity index (χ3v) is 7.59. The Bertz CT molecular complexity index is 1440. The van der Waals surface area contributed by atoms with Crippen LogP contribution in [-0.2, 0) is 26.8 Å². The van der Waals surface area contributed by atoms with Crippen molar-refractivity contribution in [3.63, 3.8) is 0 Å². The van der Waals surface area contributed by atoms with Gasteiger partial charge in [-0.05, 0) is 36.8 Å².